The fourth-order valence-electron chi connectivity index (χ4n) is 1.22. The SMILES string of the molecule is COC(=O)c1ccc(C(=O)Nc2nnc(C(F)(F)F)s2)o1. The summed E-state index contributed by atoms with van der Waals surface area (Å²) in [7, 11) is 1.13. The van der Waals surface area contributed by atoms with Gasteiger partial charge in [-0.2, -0.15) is 13.2 Å². The molecule has 1 amide bonds. The van der Waals surface area contributed by atoms with Gasteiger partial charge >= 0.3 is 12.1 Å². The molecule has 0 atom stereocenters. The molecule has 0 unspecified atom stereocenters. The van der Waals surface area contributed by atoms with Gasteiger partial charge in [0.25, 0.3) is 5.91 Å². The first kappa shape index (κ1) is 15.0. The van der Waals surface area contributed by atoms with E-state index < -0.39 is 23.1 Å². The van der Waals surface area contributed by atoms with E-state index in [0.29, 0.717) is 0 Å². The number of alkyl halides is 3. The molecule has 0 fully saturated rings. The second-order valence-corrected chi connectivity index (χ2v) is 4.50. The Morgan fingerprint density at radius 1 is 1.29 bits per heavy atom. The molecule has 21 heavy (non-hydrogen) atoms. The molecule has 1 N–H and O–H groups in total. The zero-order valence-corrected chi connectivity index (χ0v) is 11.0. The minimum atomic E-state index is -4.64. The van der Waals surface area contributed by atoms with Crippen LogP contribution in [0.2, 0.25) is 0 Å². The summed E-state index contributed by atoms with van der Waals surface area (Å²) < 4.78 is 46.2. The number of nitrogens with one attached hydrogen (secondary N) is 1. The summed E-state index contributed by atoms with van der Waals surface area (Å²) in [5.41, 5.74) is 0. The number of hydrogen-bond acceptors (Lipinski definition) is 7. The zero-order valence-electron chi connectivity index (χ0n) is 10.2. The van der Waals surface area contributed by atoms with E-state index in [-0.39, 0.29) is 28.0 Å². The summed E-state index contributed by atoms with van der Waals surface area (Å²) in [6.07, 6.45) is -4.64. The van der Waals surface area contributed by atoms with Gasteiger partial charge in [0.15, 0.2) is 5.76 Å². The zero-order chi connectivity index (χ0) is 15.6. The molecule has 2 heterocycles. The number of anilines is 1. The molecule has 11 heteroatoms. The lowest BCUT2D eigenvalue weighted by Gasteiger charge is -1.98. The van der Waals surface area contributed by atoms with E-state index >= 15 is 0 Å². The van der Waals surface area contributed by atoms with Crippen LogP contribution in [0.5, 0.6) is 0 Å². The molecule has 2 aromatic rings. The van der Waals surface area contributed by atoms with E-state index in [9.17, 15) is 22.8 Å². The van der Waals surface area contributed by atoms with Crippen molar-refractivity contribution >= 4 is 28.3 Å². The number of carbonyl (C=O) groups is 2. The second-order valence-electron chi connectivity index (χ2n) is 3.52. The third kappa shape index (κ3) is 3.37. The van der Waals surface area contributed by atoms with Crippen molar-refractivity contribution in [3.8, 4) is 0 Å². The Morgan fingerprint density at radius 3 is 2.52 bits per heavy atom. The summed E-state index contributed by atoms with van der Waals surface area (Å²) in [6.45, 7) is 0. The number of furan rings is 1. The fraction of sp³-hybridized carbons (Fsp3) is 0.200. The van der Waals surface area contributed by atoms with Crippen LogP contribution in [-0.4, -0.2) is 29.2 Å². The maximum atomic E-state index is 12.3. The van der Waals surface area contributed by atoms with E-state index in [1.54, 1.807) is 0 Å². The summed E-state index contributed by atoms with van der Waals surface area (Å²) in [6, 6.07) is 2.37. The van der Waals surface area contributed by atoms with E-state index in [0.717, 1.165) is 7.11 Å². The molecule has 2 rings (SSSR count). The number of esters is 1. The van der Waals surface area contributed by atoms with Crippen LogP contribution in [-0.2, 0) is 10.9 Å². The average Bonchev–Trinajstić information content (AvgIpc) is 3.05. The summed E-state index contributed by atoms with van der Waals surface area (Å²) in [4.78, 5) is 22.8. The molecule has 0 radical (unpaired) electrons. The summed E-state index contributed by atoms with van der Waals surface area (Å²) in [5.74, 6) is -2.14. The predicted molar refractivity (Wildman–Crippen MR) is 62.9 cm³/mol. The van der Waals surface area contributed by atoms with E-state index in [1.165, 1.54) is 12.1 Å². The molecule has 0 aliphatic heterocycles. The maximum absolute atomic E-state index is 12.3. The third-order valence-corrected chi connectivity index (χ3v) is 2.99. The van der Waals surface area contributed by atoms with Crippen molar-refractivity contribution in [1.82, 2.24) is 10.2 Å². The smallest absolute Gasteiger partial charge is 0.445 e. The fourth-order valence-corrected chi connectivity index (χ4v) is 1.82. The monoisotopic (exact) mass is 321 g/mol. The van der Waals surface area contributed by atoms with Gasteiger partial charge < -0.3 is 9.15 Å². The van der Waals surface area contributed by atoms with Crippen LogP contribution in [0, 0.1) is 0 Å². The number of ether oxygens (including phenoxy) is 1. The van der Waals surface area contributed by atoms with Gasteiger partial charge in [0, 0.05) is 0 Å². The Hall–Kier alpha value is -2.43. The Labute approximate surface area is 118 Å². The van der Waals surface area contributed by atoms with Crippen LogP contribution in [0.1, 0.15) is 26.1 Å². The van der Waals surface area contributed by atoms with Crippen LogP contribution >= 0.6 is 11.3 Å². The van der Waals surface area contributed by atoms with Crippen LogP contribution in [0.3, 0.4) is 0 Å². The Morgan fingerprint density at radius 2 is 1.95 bits per heavy atom. The van der Waals surface area contributed by atoms with Crippen molar-refractivity contribution < 1.29 is 31.9 Å². The topological polar surface area (TPSA) is 94.3 Å². The first-order chi connectivity index (χ1) is 9.81. The van der Waals surface area contributed by atoms with Crippen molar-refractivity contribution in [2.45, 2.75) is 6.18 Å². The highest BCUT2D eigenvalue weighted by Gasteiger charge is 2.35. The number of nitrogens with zero attached hydrogens (tertiary/aromatic N) is 2. The van der Waals surface area contributed by atoms with E-state index in [4.69, 9.17) is 4.42 Å². The van der Waals surface area contributed by atoms with Crippen LogP contribution < -0.4 is 5.32 Å². The molecule has 0 aromatic carbocycles. The predicted octanol–water partition coefficient (Wildman–Crippen LogP) is 2.19. The van der Waals surface area contributed by atoms with E-state index in [2.05, 4.69) is 20.3 Å². The Balaban J connectivity index is 2.09. The summed E-state index contributed by atoms with van der Waals surface area (Å²) in [5, 5.41) is 6.64. The van der Waals surface area contributed by atoms with Gasteiger partial charge in [-0.15, -0.1) is 10.2 Å². The summed E-state index contributed by atoms with van der Waals surface area (Å²) >= 11 is 0.168. The molecule has 112 valence electrons. The van der Waals surface area contributed by atoms with Crippen molar-refractivity contribution in [2.24, 2.45) is 0 Å². The van der Waals surface area contributed by atoms with Crippen molar-refractivity contribution in [1.29, 1.82) is 0 Å². The average molecular weight is 321 g/mol. The number of aromatic nitrogens is 2. The molecule has 0 saturated heterocycles. The molecule has 0 saturated carbocycles. The number of halogens is 3. The molecular weight excluding hydrogens is 315 g/mol. The molecule has 0 aliphatic rings. The Kier molecular flexibility index (Phi) is 3.93. The normalized spacial score (nSPS) is 11.2. The van der Waals surface area contributed by atoms with Crippen LogP contribution in [0.25, 0.3) is 0 Å². The molecule has 7 nitrogen and oxygen atoms in total. The highest BCUT2D eigenvalue weighted by atomic mass is 32.1. The first-order valence-electron chi connectivity index (χ1n) is 5.21. The van der Waals surface area contributed by atoms with Gasteiger partial charge in [-0.1, -0.05) is 11.3 Å². The first-order valence-corrected chi connectivity index (χ1v) is 6.03. The lowest BCUT2D eigenvalue weighted by atomic mass is 10.4. The van der Waals surface area contributed by atoms with Gasteiger partial charge in [0.05, 0.1) is 7.11 Å². The Bertz CT molecular complexity index is 679. The van der Waals surface area contributed by atoms with Crippen molar-refractivity contribution in [3.63, 3.8) is 0 Å². The number of amides is 1. The van der Waals surface area contributed by atoms with E-state index in [1.807, 2.05) is 0 Å². The van der Waals surface area contributed by atoms with Crippen molar-refractivity contribution in [2.75, 3.05) is 12.4 Å². The van der Waals surface area contributed by atoms with Gasteiger partial charge in [0.2, 0.25) is 15.9 Å². The molecule has 0 aliphatic carbocycles. The van der Waals surface area contributed by atoms with Gasteiger partial charge in [0.1, 0.15) is 0 Å². The largest absolute Gasteiger partial charge is 0.463 e. The quantitative estimate of drug-likeness (QED) is 0.871. The van der Waals surface area contributed by atoms with Gasteiger partial charge in [-0.25, -0.2) is 4.79 Å². The lowest BCUT2D eigenvalue weighted by Crippen LogP contribution is -2.10. The van der Waals surface area contributed by atoms with Crippen LogP contribution in [0.4, 0.5) is 18.3 Å². The van der Waals surface area contributed by atoms with Gasteiger partial charge in [-0.3, -0.25) is 10.1 Å². The highest BCUT2D eigenvalue weighted by molar-refractivity contribution is 7.15. The molecular formula is C10H6F3N3O4S. The highest BCUT2D eigenvalue weighted by Crippen LogP contribution is 2.33. The van der Waals surface area contributed by atoms with Gasteiger partial charge in [-0.05, 0) is 12.1 Å². The minimum Gasteiger partial charge on any atom is -0.463 e. The van der Waals surface area contributed by atoms with Crippen LogP contribution in [0.15, 0.2) is 16.5 Å². The third-order valence-electron chi connectivity index (χ3n) is 2.10. The lowest BCUT2D eigenvalue weighted by molar-refractivity contribution is -0.138. The molecule has 0 spiro atoms. The number of methoxy groups -OCH3 is 1. The molecule has 0 bridgehead atoms. The standard InChI is InChI=1S/C10H6F3N3O4S/c1-19-7(18)5-3-2-4(20-5)6(17)14-9-16-15-8(21-9)10(11,12)13/h2-3H,1H3,(H,14,16,17). The number of carbonyl (C=O) groups excluding carboxylic acids is 2. The second kappa shape index (κ2) is 5.52. The number of hydrogen-bond donors (Lipinski definition) is 1. The maximum Gasteiger partial charge on any atom is 0.445 e. The minimum absolute atomic E-state index is 0.168. The van der Waals surface area contributed by atoms with Crippen molar-refractivity contribution in [3.05, 3.63) is 28.7 Å². The molecule has 2 aromatic heterocycles. The number of rotatable bonds is 3.